The first-order valence-electron chi connectivity index (χ1n) is 12.8. The summed E-state index contributed by atoms with van der Waals surface area (Å²) in [5.74, 6) is -4.92. The van der Waals surface area contributed by atoms with Crippen LogP contribution in [0.15, 0.2) is 24.3 Å². The number of carboxylic acids is 4. The molecule has 0 aliphatic heterocycles. The van der Waals surface area contributed by atoms with E-state index in [4.69, 9.17) is 5.73 Å². The van der Waals surface area contributed by atoms with E-state index < -0.39 is 68.2 Å². The molecule has 1 saturated carbocycles. The molecule has 13 heteroatoms. The van der Waals surface area contributed by atoms with Crippen LogP contribution >= 0.6 is 0 Å². The fraction of sp³-hybridized carbons (Fsp3) is 0.577. The summed E-state index contributed by atoms with van der Waals surface area (Å²) in [5.41, 5.74) is 7.15. The van der Waals surface area contributed by atoms with Crippen LogP contribution in [0.3, 0.4) is 0 Å². The van der Waals surface area contributed by atoms with Gasteiger partial charge in [0, 0.05) is 30.4 Å². The molecule has 39 heavy (non-hydrogen) atoms. The lowest BCUT2D eigenvalue weighted by atomic mass is 9.87. The first-order chi connectivity index (χ1) is 18.3. The number of aliphatic carboxylic acids is 4. The monoisotopic (exact) mass is 550 g/mol. The minimum absolute atomic E-state index is 0.0619. The van der Waals surface area contributed by atoms with E-state index in [0.717, 1.165) is 18.4 Å². The van der Waals surface area contributed by atoms with E-state index in [2.05, 4.69) is 0 Å². The van der Waals surface area contributed by atoms with Gasteiger partial charge >= 0.3 is 23.9 Å². The maximum atomic E-state index is 12.1. The fourth-order valence-corrected chi connectivity index (χ4v) is 5.35. The minimum Gasteiger partial charge on any atom is -0.480 e. The van der Waals surface area contributed by atoms with E-state index in [1.165, 1.54) is 16.7 Å². The summed E-state index contributed by atoms with van der Waals surface area (Å²) in [6.45, 7) is -0.654. The van der Waals surface area contributed by atoms with Gasteiger partial charge in [-0.3, -0.25) is 38.7 Å². The van der Waals surface area contributed by atoms with Gasteiger partial charge in [0.2, 0.25) is 0 Å². The molecule has 216 valence electrons. The van der Waals surface area contributed by atoms with E-state index in [0.29, 0.717) is 24.9 Å². The number of nitrogens with two attached hydrogens (primary N) is 1. The van der Waals surface area contributed by atoms with E-state index in [1.54, 1.807) is 29.2 Å². The summed E-state index contributed by atoms with van der Waals surface area (Å²) in [6, 6.07) is 5.32. The molecule has 3 atom stereocenters. The van der Waals surface area contributed by atoms with E-state index >= 15 is 0 Å². The lowest BCUT2D eigenvalue weighted by molar-refractivity contribution is -0.146. The zero-order chi connectivity index (χ0) is 29.1. The second-order valence-corrected chi connectivity index (χ2v) is 10.0. The number of ketones is 1. The van der Waals surface area contributed by atoms with Crippen LogP contribution in [-0.4, -0.2) is 122 Å². The lowest BCUT2D eigenvalue weighted by Gasteiger charge is -2.45. The number of hydrogen-bond donors (Lipinski definition) is 5. The zero-order valence-electron chi connectivity index (χ0n) is 22.1. The SMILES string of the molecule is CC(=O)CN(CC(=O)O)[C@@H](Cc1ccc(N)cc1)CN(CC(=O)O)[C@H]1CCCC[C@@H]1N(CC(=O)O)CC(=O)O. The number of carbonyl (C=O) groups excluding carboxylic acids is 1. The van der Waals surface area contributed by atoms with E-state index in [1.807, 2.05) is 0 Å². The van der Waals surface area contributed by atoms with Gasteiger partial charge in [0.25, 0.3) is 0 Å². The summed E-state index contributed by atoms with van der Waals surface area (Å²) in [6.07, 6.45) is 2.74. The predicted octanol–water partition coefficient (Wildman–Crippen LogP) is 0.325. The molecule has 0 radical (unpaired) electrons. The largest absolute Gasteiger partial charge is 0.480 e. The molecule has 1 fully saturated rings. The smallest absolute Gasteiger partial charge is 0.317 e. The summed E-state index contributed by atoms with van der Waals surface area (Å²) in [4.78, 5) is 63.4. The van der Waals surface area contributed by atoms with E-state index in [9.17, 15) is 44.4 Å². The number of Topliss-reactive ketones (excluding diaryl/α,β-unsaturated/α-hetero) is 1. The van der Waals surface area contributed by atoms with Crippen LogP contribution in [-0.2, 0) is 30.4 Å². The Morgan fingerprint density at radius 3 is 1.69 bits per heavy atom. The van der Waals surface area contributed by atoms with Crippen LogP contribution < -0.4 is 5.73 Å². The van der Waals surface area contributed by atoms with Gasteiger partial charge in [0.05, 0.1) is 32.7 Å². The molecule has 0 heterocycles. The first kappa shape index (κ1) is 31.7. The number of carbonyl (C=O) groups is 5. The maximum Gasteiger partial charge on any atom is 0.317 e. The molecular weight excluding hydrogens is 512 g/mol. The molecule has 0 bridgehead atoms. The molecule has 1 aliphatic carbocycles. The highest BCUT2D eigenvalue weighted by Gasteiger charge is 2.38. The highest BCUT2D eigenvalue weighted by atomic mass is 16.4. The normalized spacial score (nSPS) is 18.3. The highest BCUT2D eigenvalue weighted by molar-refractivity contribution is 5.78. The van der Waals surface area contributed by atoms with Gasteiger partial charge < -0.3 is 26.2 Å². The second-order valence-electron chi connectivity index (χ2n) is 10.0. The van der Waals surface area contributed by atoms with Gasteiger partial charge in [0.1, 0.15) is 5.78 Å². The summed E-state index contributed by atoms with van der Waals surface area (Å²) < 4.78 is 0. The van der Waals surface area contributed by atoms with Crippen LogP contribution in [0, 0.1) is 0 Å². The molecule has 1 aromatic rings. The quantitative estimate of drug-likeness (QED) is 0.166. The molecular formula is C26H38N4O9. The molecule has 0 saturated heterocycles. The van der Waals surface area contributed by atoms with Crippen molar-refractivity contribution in [2.45, 2.75) is 57.2 Å². The minimum atomic E-state index is -1.19. The van der Waals surface area contributed by atoms with Gasteiger partial charge in [-0.15, -0.1) is 0 Å². The van der Waals surface area contributed by atoms with Crippen LogP contribution in [0.25, 0.3) is 0 Å². The summed E-state index contributed by atoms with van der Waals surface area (Å²) in [7, 11) is 0. The third-order valence-electron chi connectivity index (χ3n) is 6.82. The van der Waals surface area contributed by atoms with Crippen molar-refractivity contribution >= 4 is 35.3 Å². The first-order valence-corrected chi connectivity index (χ1v) is 12.8. The van der Waals surface area contributed by atoms with Crippen molar-refractivity contribution in [3.8, 4) is 0 Å². The number of anilines is 1. The van der Waals surface area contributed by atoms with Crippen LogP contribution in [0.1, 0.15) is 38.2 Å². The standard InChI is InChI=1S/C26H38N4O9/c1-17(31)11-28(13-23(32)33)20(10-18-6-8-19(27)9-7-18)12-29(14-24(34)35)21-4-2-3-5-22(21)30(15-25(36)37)16-26(38)39/h6-9,20-22H,2-5,10-16,27H2,1H3,(H,32,33)(H,34,35)(H,36,37)(H,38,39)/t20-,21-,22-/m0/s1. The predicted molar refractivity (Wildman–Crippen MR) is 140 cm³/mol. The van der Waals surface area contributed by atoms with Gasteiger partial charge in [-0.1, -0.05) is 25.0 Å². The lowest BCUT2D eigenvalue weighted by Crippen LogP contribution is -2.59. The van der Waals surface area contributed by atoms with Crippen molar-refractivity contribution < 1.29 is 44.4 Å². The van der Waals surface area contributed by atoms with Gasteiger partial charge in [-0.25, -0.2) is 0 Å². The molecule has 13 nitrogen and oxygen atoms in total. The van der Waals surface area contributed by atoms with Crippen molar-refractivity contribution in [3.63, 3.8) is 0 Å². The van der Waals surface area contributed by atoms with Gasteiger partial charge in [0.15, 0.2) is 0 Å². The molecule has 1 aromatic carbocycles. The van der Waals surface area contributed by atoms with Crippen molar-refractivity contribution in [2.75, 3.05) is 45.0 Å². The third kappa shape index (κ3) is 11.0. The van der Waals surface area contributed by atoms with Crippen molar-refractivity contribution in [2.24, 2.45) is 0 Å². The Bertz CT molecular complexity index is 985. The Hall–Kier alpha value is -3.55. The Morgan fingerprint density at radius 1 is 0.769 bits per heavy atom. The van der Waals surface area contributed by atoms with Gasteiger partial charge in [-0.05, 0) is 43.9 Å². The van der Waals surface area contributed by atoms with Crippen molar-refractivity contribution in [1.82, 2.24) is 14.7 Å². The Balaban J connectivity index is 2.48. The summed E-state index contributed by atoms with van der Waals surface area (Å²) >= 11 is 0. The van der Waals surface area contributed by atoms with Crippen LogP contribution in [0.2, 0.25) is 0 Å². The molecule has 0 spiro atoms. The number of nitrogen functional groups attached to an aromatic ring is 1. The molecule has 0 amide bonds. The maximum absolute atomic E-state index is 12.1. The van der Waals surface area contributed by atoms with Crippen molar-refractivity contribution in [3.05, 3.63) is 29.8 Å². The summed E-state index contributed by atoms with van der Waals surface area (Å²) in [5, 5.41) is 38.2. The van der Waals surface area contributed by atoms with Gasteiger partial charge in [-0.2, -0.15) is 0 Å². The fourth-order valence-electron chi connectivity index (χ4n) is 5.35. The Kier molecular flexibility index (Phi) is 12.3. The van der Waals surface area contributed by atoms with Crippen LogP contribution in [0.5, 0.6) is 0 Å². The molecule has 6 N–H and O–H groups in total. The van der Waals surface area contributed by atoms with Crippen LogP contribution in [0.4, 0.5) is 5.69 Å². The number of benzene rings is 1. The Morgan fingerprint density at radius 2 is 1.23 bits per heavy atom. The highest BCUT2D eigenvalue weighted by Crippen LogP contribution is 2.28. The number of hydrogen-bond acceptors (Lipinski definition) is 9. The average Bonchev–Trinajstić information content (AvgIpc) is 2.82. The molecule has 1 aliphatic rings. The zero-order valence-corrected chi connectivity index (χ0v) is 22.1. The molecule has 0 unspecified atom stereocenters. The van der Waals surface area contributed by atoms with Crippen molar-refractivity contribution in [1.29, 1.82) is 0 Å². The average molecular weight is 551 g/mol. The van der Waals surface area contributed by atoms with E-state index in [-0.39, 0.29) is 18.9 Å². The Labute approximate surface area is 226 Å². The molecule has 2 rings (SSSR count). The third-order valence-corrected chi connectivity index (χ3v) is 6.82. The number of nitrogens with zero attached hydrogens (tertiary/aromatic N) is 3. The topological polar surface area (TPSA) is 202 Å². The second kappa shape index (κ2) is 15.1. The number of carboxylic acid groups (broad SMARTS) is 4. The molecule has 0 aromatic heterocycles. The number of rotatable bonds is 17.